The molecule has 6 heteroatoms. The summed E-state index contributed by atoms with van der Waals surface area (Å²) in [5, 5.41) is 4.26. The van der Waals surface area contributed by atoms with E-state index in [9.17, 15) is 4.79 Å². The Hall–Kier alpha value is -1.95. The fourth-order valence-electron chi connectivity index (χ4n) is 3.63. The predicted molar refractivity (Wildman–Crippen MR) is 87.6 cm³/mol. The number of carbonyl (C=O) groups excluding carboxylic acids is 1. The summed E-state index contributed by atoms with van der Waals surface area (Å²) in [5.41, 5.74) is 2.21. The Labute approximate surface area is 136 Å². The van der Waals surface area contributed by atoms with Crippen LogP contribution in [0, 0.1) is 13.8 Å². The van der Waals surface area contributed by atoms with Crippen molar-refractivity contribution in [2.75, 3.05) is 13.1 Å². The third kappa shape index (κ3) is 2.83. The van der Waals surface area contributed by atoms with Gasteiger partial charge in [0.2, 0.25) is 0 Å². The van der Waals surface area contributed by atoms with Gasteiger partial charge in [0.05, 0.1) is 34.4 Å². The lowest BCUT2D eigenvalue weighted by atomic mass is 9.97. The summed E-state index contributed by atoms with van der Waals surface area (Å²) >= 11 is 0. The summed E-state index contributed by atoms with van der Waals surface area (Å²) in [6, 6.07) is 1.84. The Balaban J connectivity index is 2.03. The number of rotatable bonds is 1. The van der Waals surface area contributed by atoms with Crippen molar-refractivity contribution in [1.82, 2.24) is 19.5 Å². The predicted octanol–water partition coefficient (Wildman–Crippen LogP) is 2.38. The first-order chi connectivity index (χ1) is 10.6. The average Bonchev–Trinajstić information content (AvgIpc) is 2.83. The van der Waals surface area contributed by atoms with Gasteiger partial charge in [-0.3, -0.25) is 4.79 Å². The number of nitrogens with zero attached hydrogens (tertiary/aromatic N) is 4. The molecule has 1 amide bonds. The first-order valence-electron chi connectivity index (χ1n) is 7.90. The highest BCUT2D eigenvalue weighted by Gasteiger charge is 2.40. The fraction of sp³-hybridized carbons (Fsp3) is 0.588. The Morgan fingerprint density at radius 3 is 2.39 bits per heavy atom. The zero-order valence-corrected chi connectivity index (χ0v) is 14.7. The van der Waals surface area contributed by atoms with Gasteiger partial charge in [0.25, 0.3) is 5.91 Å². The second-order valence-corrected chi connectivity index (χ2v) is 7.54. The van der Waals surface area contributed by atoms with Crippen molar-refractivity contribution in [2.45, 2.75) is 52.7 Å². The third-order valence-corrected chi connectivity index (χ3v) is 4.14. The SMILES string of the molecule is Cc1nc2ccnn2c(C)c1C(=O)N1CC(C)(C)OC(C)(C)C1. The van der Waals surface area contributed by atoms with E-state index in [0.29, 0.717) is 18.7 Å². The minimum atomic E-state index is -0.373. The smallest absolute Gasteiger partial charge is 0.257 e. The van der Waals surface area contributed by atoms with Crippen LogP contribution in [0.5, 0.6) is 0 Å². The molecule has 3 rings (SSSR count). The van der Waals surface area contributed by atoms with Crippen LogP contribution < -0.4 is 0 Å². The molecule has 0 aliphatic carbocycles. The maximum absolute atomic E-state index is 13.2. The van der Waals surface area contributed by atoms with Gasteiger partial charge in [-0.25, -0.2) is 9.50 Å². The van der Waals surface area contributed by atoms with Crippen molar-refractivity contribution >= 4 is 11.6 Å². The molecule has 1 aliphatic rings. The lowest BCUT2D eigenvalue weighted by Crippen LogP contribution is -2.58. The molecule has 6 nitrogen and oxygen atoms in total. The fourth-order valence-corrected chi connectivity index (χ4v) is 3.63. The van der Waals surface area contributed by atoms with E-state index in [1.54, 1.807) is 10.7 Å². The van der Waals surface area contributed by atoms with E-state index in [1.165, 1.54) is 0 Å². The highest BCUT2D eigenvalue weighted by atomic mass is 16.5. The number of fused-ring (bicyclic) bond motifs is 1. The van der Waals surface area contributed by atoms with Crippen LogP contribution in [0.1, 0.15) is 49.4 Å². The third-order valence-electron chi connectivity index (χ3n) is 4.14. The van der Waals surface area contributed by atoms with Crippen molar-refractivity contribution < 1.29 is 9.53 Å². The molecule has 0 radical (unpaired) electrons. The minimum absolute atomic E-state index is 0.00523. The lowest BCUT2D eigenvalue weighted by molar-refractivity contribution is -0.171. The number of carbonyl (C=O) groups is 1. The van der Waals surface area contributed by atoms with Crippen molar-refractivity contribution in [3.8, 4) is 0 Å². The molecule has 2 aromatic rings. The van der Waals surface area contributed by atoms with Gasteiger partial charge in [0.1, 0.15) is 0 Å². The number of aryl methyl sites for hydroxylation is 2. The van der Waals surface area contributed by atoms with Crippen LogP contribution >= 0.6 is 0 Å². The summed E-state index contributed by atoms with van der Waals surface area (Å²) in [7, 11) is 0. The maximum atomic E-state index is 13.2. The molecule has 0 bridgehead atoms. The monoisotopic (exact) mass is 316 g/mol. The van der Waals surface area contributed by atoms with Gasteiger partial charge in [-0.2, -0.15) is 5.10 Å². The number of morpholine rings is 1. The molecule has 0 N–H and O–H groups in total. The molecule has 23 heavy (non-hydrogen) atoms. The van der Waals surface area contributed by atoms with Crippen molar-refractivity contribution in [2.24, 2.45) is 0 Å². The molecular formula is C17H24N4O2. The molecule has 124 valence electrons. The van der Waals surface area contributed by atoms with E-state index < -0.39 is 0 Å². The number of ether oxygens (including phenoxy) is 1. The van der Waals surface area contributed by atoms with E-state index in [1.807, 2.05) is 52.5 Å². The second kappa shape index (κ2) is 5.03. The molecule has 2 aromatic heterocycles. The summed E-state index contributed by atoms with van der Waals surface area (Å²) < 4.78 is 7.79. The minimum Gasteiger partial charge on any atom is -0.366 e. The molecule has 0 spiro atoms. The molecule has 0 unspecified atom stereocenters. The Bertz CT molecular complexity index is 760. The van der Waals surface area contributed by atoms with Crippen molar-refractivity contribution in [3.05, 3.63) is 29.2 Å². The molecule has 1 aliphatic heterocycles. The van der Waals surface area contributed by atoms with Crippen LogP contribution in [0.15, 0.2) is 12.3 Å². The molecule has 1 fully saturated rings. The van der Waals surface area contributed by atoms with Gasteiger partial charge in [0, 0.05) is 19.2 Å². The van der Waals surface area contributed by atoms with E-state index in [4.69, 9.17) is 4.74 Å². The zero-order valence-electron chi connectivity index (χ0n) is 14.7. The van der Waals surface area contributed by atoms with E-state index in [-0.39, 0.29) is 17.1 Å². The van der Waals surface area contributed by atoms with Gasteiger partial charge >= 0.3 is 0 Å². The summed E-state index contributed by atoms with van der Waals surface area (Å²) in [6.45, 7) is 13.0. The largest absolute Gasteiger partial charge is 0.366 e. The van der Waals surface area contributed by atoms with Crippen LogP contribution in [0.3, 0.4) is 0 Å². The van der Waals surface area contributed by atoms with E-state index >= 15 is 0 Å². The van der Waals surface area contributed by atoms with Gasteiger partial charge in [-0.15, -0.1) is 0 Å². The highest BCUT2D eigenvalue weighted by molar-refractivity contribution is 5.96. The molecular weight excluding hydrogens is 292 g/mol. The van der Waals surface area contributed by atoms with Crippen LogP contribution in [0.4, 0.5) is 0 Å². The molecule has 0 atom stereocenters. The normalized spacial score (nSPS) is 20.0. The highest BCUT2D eigenvalue weighted by Crippen LogP contribution is 2.29. The molecule has 3 heterocycles. The Morgan fingerprint density at radius 1 is 1.17 bits per heavy atom. The molecule has 1 saturated heterocycles. The van der Waals surface area contributed by atoms with Gasteiger partial charge in [0.15, 0.2) is 5.65 Å². The Kier molecular flexibility index (Phi) is 3.48. The summed E-state index contributed by atoms with van der Waals surface area (Å²) in [6.07, 6.45) is 1.70. The quantitative estimate of drug-likeness (QED) is 0.810. The molecule has 0 aromatic carbocycles. The first kappa shape index (κ1) is 15.9. The number of hydrogen-bond donors (Lipinski definition) is 0. The summed E-state index contributed by atoms with van der Waals surface area (Å²) in [5.74, 6) is -0.00523. The topological polar surface area (TPSA) is 59.7 Å². The van der Waals surface area contributed by atoms with Crippen molar-refractivity contribution in [3.63, 3.8) is 0 Å². The number of amides is 1. The van der Waals surface area contributed by atoms with Gasteiger partial charge < -0.3 is 9.64 Å². The number of aromatic nitrogens is 3. The Morgan fingerprint density at radius 2 is 1.78 bits per heavy atom. The van der Waals surface area contributed by atoms with Crippen molar-refractivity contribution in [1.29, 1.82) is 0 Å². The van der Waals surface area contributed by atoms with Crippen LogP contribution in [-0.2, 0) is 4.74 Å². The van der Waals surface area contributed by atoms with Gasteiger partial charge in [-0.1, -0.05) is 0 Å². The second-order valence-electron chi connectivity index (χ2n) is 7.54. The van der Waals surface area contributed by atoms with Crippen LogP contribution in [0.2, 0.25) is 0 Å². The van der Waals surface area contributed by atoms with Crippen LogP contribution in [-0.4, -0.2) is 49.7 Å². The lowest BCUT2D eigenvalue weighted by Gasteiger charge is -2.47. The average molecular weight is 316 g/mol. The maximum Gasteiger partial charge on any atom is 0.257 e. The first-order valence-corrected chi connectivity index (χ1v) is 7.90. The van der Waals surface area contributed by atoms with E-state index in [0.717, 1.165) is 17.0 Å². The van der Waals surface area contributed by atoms with Crippen LogP contribution in [0.25, 0.3) is 5.65 Å². The van der Waals surface area contributed by atoms with E-state index in [2.05, 4.69) is 10.1 Å². The number of hydrogen-bond acceptors (Lipinski definition) is 4. The van der Waals surface area contributed by atoms with Gasteiger partial charge in [-0.05, 0) is 41.5 Å². The standard InChI is InChI=1S/C17H24N4O2/c1-11-14(12(2)21-13(19-11)7-8-18-21)15(22)20-9-16(3,4)23-17(5,6)10-20/h7-8H,9-10H2,1-6H3. The zero-order chi connectivity index (χ0) is 17.0. The summed E-state index contributed by atoms with van der Waals surface area (Å²) in [4.78, 5) is 19.5. The molecule has 0 saturated carbocycles.